The number of esters is 1. The molecule has 0 spiro atoms. The minimum absolute atomic E-state index is 0.253. The van der Waals surface area contributed by atoms with Gasteiger partial charge in [-0.25, -0.2) is 0 Å². The van der Waals surface area contributed by atoms with E-state index in [-0.39, 0.29) is 12.7 Å². The standard InChI is InChI=1S/C14H21NO3/c1-14(2,3)18-13(17)12(15-10-16)9-11-7-5-4-6-8-11/h4-8,12,15-16H,9-10H2,1-3H3/t12-/m0/s1. The van der Waals surface area contributed by atoms with Crippen LogP contribution in [0.1, 0.15) is 26.3 Å². The molecule has 0 unspecified atom stereocenters. The number of hydrogen-bond donors (Lipinski definition) is 2. The van der Waals surface area contributed by atoms with Crippen molar-refractivity contribution in [3.8, 4) is 0 Å². The molecule has 0 fully saturated rings. The van der Waals surface area contributed by atoms with Crippen molar-refractivity contribution in [3.05, 3.63) is 35.9 Å². The zero-order valence-electron chi connectivity index (χ0n) is 11.1. The van der Waals surface area contributed by atoms with Crippen LogP contribution >= 0.6 is 0 Å². The molecule has 100 valence electrons. The molecule has 1 atom stereocenters. The molecule has 4 nitrogen and oxygen atoms in total. The second kappa shape index (κ2) is 6.52. The summed E-state index contributed by atoms with van der Waals surface area (Å²) in [5.74, 6) is -0.347. The second-order valence-corrected chi connectivity index (χ2v) is 5.14. The van der Waals surface area contributed by atoms with Gasteiger partial charge in [0.1, 0.15) is 11.6 Å². The minimum Gasteiger partial charge on any atom is -0.459 e. The van der Waals surface area contributed by atoms with E-state index < -0.39 is 11.6 Å². The molecular formula is C14H21NO3. The Morgan fingerprint density at radius 2 is 1.94 bits per heavy atom. The molecule has 0 aliphatic carbocycles. The Kier molecular flexibility index (Phi) is 5.31. The number of carbonyl (C=O) groups is 1. The molecule has 2 N–H and O–H groups in total. The average molecular weight is 251 g/mol. The van der Waals surface area contributed by atoms with E-state index in [1.54, 1.807) is 0 Å². The van der Waals surface area contributed by atoms with E-state index >= 15 is 0 Å². The summed E-state index contributed by atoms with van der Waals surface area (Å²) in [6.07, 6.45) is 0.496. The molecule has 0 aliphatic heterocycles. The van der Waals surface area contributed by atoms with Crippen molar-refractivity contribution >= 4 is 5.97 Å². The van der Waals surface area contributed by atoms with E-state index in [4.69, 9.17) is 9.84 Å². The van der Waals surface area contributed by atoms with E-state index in [0.717, 1.165) is 5.56 Å². The molecule has 0 heterocycles. The highest BCUT2D eigenvalue weighted by Crippen LogP contribution is 2.11. The molecule has 0 bridgehead atoms. The number of ether oxygens (including phenoxy) is 1. The summed E-state index contributed by atoms with van der Waals surface area (Å²) >= 11 is 0. The van der Waals surface area contributed by atoms with Gasteiger partial charge in [0.15, 0.2) is 0 Å². The van der Waals surface area contributed by atoms with Gasteiger partial charge in [-0.3, -0.25) is 10.1 Å². The van der Waals surface area contributed by atoms with Crippen molar-refractivity contribution in [1.29, 1.82) is 0 Å². The topological polar surface area (TPSA) is 58.6 Å². The number of carbonyl (C=O) groups excluding carboxylic acids is 1. The first kappa shape index (κ1) is 14.7. The van der Waals surface area contributed by atoms with Crippen molar-refractivity contribution in [3.63, 3.8) is 0 Å². The number of hydrogen-bond acceptors (Lipinski definition) is 4. The minimum atomic E-state index is -0.531. The Morgan fingerprint density at radius 1 is 1.33 bits per heavy atom. The smallest absolute Gasteiger partial charge is 0.324 e. The van der Waals surface area contributed by atoms with Crippen LogP contribution in [-0.2, 0) is 16.0 Å². The second-order valence-electron chi connectivity index (χ2n) is 5.14. The summed E-state index contributed by atoms with van der Waals surface area (Å²) in [6, 6.07) is 9.11. The third kappa shape index (κ3) is 5.29. The van der Waals surface area contributed by atoms with Gasteiger partial charge in [0.05, 0.1) is 6.73 Å². The number of benzene rings is 1. The summed E-state index contributed by atoms with van der Waals surface area (Å²) in [5.41, 5.74) is 0.498. The fourth-order valence-electron chi connectivity index (χ4n) is 1.57. The highest BCUT2D eigenvalue weighted by atomic mass is 16.6. The number of rotatable bonds is 5. The third-order valence-electron chi connectivity index (χ3n) is 2.31. The summed E-state index contributed by atoms with van der Waals surface area (Å²) in [6.45, 7) is 5.22. The largest absolute Gasteiger partial charge is 0.459 e. The Balaban J connectivity index is 2.68. The number of aliphatic hydroxyl groups is 1. The third-order valence-corrected chi connectivity index (χ3v) is 2.31. The van der Waals surface area contributed by atoms with Crippen LogP contribution < -0.4 is 5.32 Å². The normalized spacial score (nSPS) is 13.1. The van der Waals surface area contributed by atoms with Crippen LogP contribution in [0.4, 0.5) is 0 Å². The molecule has 1 aromatic rings. The fraction of sp³-hybridized carbons (Fsp3) is 0.500. The first-order valence-electron chi connectivity index (χ1n) is 6.03. The zero-order chi connectivity index (χ0) is 13.6. The van der Waals surface area contributed by atoms with Gasteiger partial charge in [-0.1, -0.05) is 30.3 Å². The molecule has 1 aromatic carbocycles. The Labute approximate surface area is 108 Å². The van der Waals surface area contributed by atoms with Crippen LogP contribution in [0.5, 0.6) is 0 Å². The molecule has 0 radical (unpaired) electrons. The van der Waals surface area contributed by atoms with Gasteiger partial charge in [0.25, 0.3) is 0 Å². The maximum Gasteiger partial charge on any atom is 0.324 e. The van der Waals surface area contributed by atoms with E-state index in [1.807, 2.05) is 51.1 Å². The van der Waals surface area contributed by atoms with Crippen LogP contribution in [-0.4, -0.2) is 29.4 Å². The average Bonchev–Trinajstić information content (AvgIpc) is 2.27. The predicted octanol–water partition coefficient (Wildman–Crippen LogP) is 1.48. The van der Waals surface area contributed by atoms with E-state index in [2.05, 4.69) is 5.32 Å². The van der Waals surface area contributed by atoms with Crippen LogP contribution in [0.2, 0.25) is 0 Å². The SMILES string of the molecule is CC(C)(C)OC(=O)[C@H](Cc1ccccc1)NCO. The molecule has 0 saturated heterocycles. The molecule has 0 amide bonds. The monoisotopic (exact) mass is 251 g/mol. The highest BCUT2D eigenvalue weighted by molar-refractivity contribution is 5.76. The van der Waals surface area contributed by atoms with Crippen molar-refractivity contribution in [2.75, 3.05) is 6.73 Å². The van der Waals surface area contributed by atoms with Crippen LogP contribution in [0.25, 0.3) is 0 Å². The van der Waals surface area contributed by atoms with Crippen LogP contribution in [0.15, 0.2) is 30.3 Å². The van der Waals surface area contributed by atoms with Crippen molar-refractivity contribution in [2.45, 2.75) is 38.8 Å². The van der Waals surface area contributed by atoms with E-state index in [9.17, 15) is 4.79 Å². The van der Waals surface area contributed by atoms with Gasteiger partial charge in [0.2, 0.25) is 0 Å². The van der Waals surface area contributed by atoms with Crippen LogP contribution in [0, 0.1) is 0 Å². The quantitative estimate of drug-likeness (QED) is 0.615. The predicted molar refractivity (Wildman–Crippen MR) is 70.0 cm³/mol. The molecular weight excluding hydrogens is 230 g/mol. The van der Waals surface area contributed by atoms with Gasteiger partial charge < -0.3 is 9.84 Å². The highest BCUT2D eigenvalue weighted by Gasteiger charge is 2.24. The Bertz CT molecular complexity index is 370. The van der Waals surface area contributed by atoms with Crippen molar-refractivity contribution in [1.82, 2.24) is 5.32 Å². The first-order chi connectivity index (χ1) is 8.42. The molecule has 0 aliphatic rings. The maximum absolute atomic E-state index is 12.0. The number of nitrogens with one attached hydrogen (secondary N) is 1. The summed E-state index contributed by atoms with van der Waals surface area (Å²) in [7, 11) is 0. The summed E-state index contributed by atoms with van der Waals surface area (Å²) in [5, 5.41) is 11.7. The van der Waals surface area contributed by atoms with Gasteiger partial charge in [0, 0.05) is 0 Å². The first-order valence-corrected chi connectivity index (χ1v) is 6.03. The van der Waals surface area contributed by atoms with E-state index in [0.29, 0.717) is 6.42 Å². The fourth-order valence-corrected chi connectivity index (χ4v) is 1.57. The van der Waals surface area contributed by atoms with Gasteiger partial charge in [-0.05, 0) is 32.8 Å². The van der Waals surface area contributed by atoms with E-state index in [1.165, 1.54) is 0 Å². The van der Waals surface area contributed by atoms with Gasteiger partial charge in [-0.15, -0.1) is 0 Å². The Hall–Kier alpha value is -1.39. The van der Waals surface area contributed by atoms with Gasteiger partial charge >= 0.3 is 5.97 Å². The molecule has 18 heavy (non-hydrogen) atoms. The zero-order valence-corrected chi connectivity index (χ0v) is 11.1. The maximum atomic E-state index is 12.0. The van der Waals surface area contributed by atoms with Gasteiger partial charge in [-0.2, -0.15) is 0 Å². The lowest BCUT2D eigenvalue weighted by atomic mass is 10.1. The molecule has 1 rings (SSSR count). The number of aliphatic hydroxyl groups excluding tert-OH is 1. The Morgan fingerprint density at radius 3 is 2.44 bits per heavy atom. The molecule has 0 saturated carbocycles. The van der Waals surface area contributed by atoms with Crippen LogP contribution in [0.3, 0.4) is 0 Å². The molecule has 0 aromatic heterocycles. The molecule has 4 heteroatoms. The summed E-state index contributed by atoms with van der Waals surface area (Å²) < 4.78 is 5.31. The lowest BCUT2D eigenvalue weighted by Gasteiger charge is -2.24. The summed E-state index contributed by atoms with van der Waals surface area (Å²) in [4.78, 5) is 12.0. The van der Waals surface area contributed by atoms with Crippen molar-refractivity contribution < 1.29 is 14.6 Å². The van der Waals surface area contributed by atoms with Crippen molar-refractivity contribution in [2.24, 2.45) is 0 Å². The lowest BCUT2D eigenvalue weighted by molar-refractivity contribution is -0.157. The lowest BCUT2D eigenvalue weighted by Crippen LogP contribution is -2.43.